The van der Waals surface area contributed by atoms with Crippen molar-refractivity contribution < 1.29 is 4.74 Å². The molecule has 0 atom stereocenters. The number of benzene rings is 2. The molecule has 0 aliphatic carbocycles. The van der Waals surface area contributed by atoms with E-state index < -0.39 is 7.92 Å². The van der Waals surface area contributed by atoms with E-state index in [1.54, 1.807) is 45.2 Å². The number of anilines is 5. The molecule has 7 rings (SSSR count). The van der Waals surface area contributed by atoms with Gasteiger partial charge in [0.15, 0.2) is 0 Å². The maximum absolute atomic E-state index is 6.20. The van der Waals surface area contributed by atoms with Crippen LogP contribution in [0.4, 0.5) is 28.8 Å². The fourth-order valence-corrected chi connectivity index (χ4v) is 9.35. The summed E-state index contributed by atoms with van der Waals surface area (Å²) in [5.41, 5.74) is 13.1. The van der Waals surface area contributed by atoms with Gasteiger partial charge in [-0.2, -0.15) is 4.98 Å². The second-order valence-electron chi connectivity index (χ2n) is 13.8. The summed E-state index contributed by atoms with van der Waals surface area (Å²) in [6.07, 6.45) is 10.9. The van der Waals surface area contributed by atoms with Gasteiger partial charge in [0, 0.05) is 123 Å². The lowest BCUT2D eigenvalue weighted by atomic mass is 9.72. The fourth-order valence-electron chi connectivity index (χ4n) is 7.85. The van der Waals surface area contributed by atoms with Crippen LogP contribution in [0.5, 0.6) is 5.75 Å². The van der Waals surface area contributed by atoms with Crippen molar-refractivity contribution in [2.75, 3.05) is 89.3 Å². The maximum Gasteiger partial charge on any atom is 0.229 e. The third-order valence-electron chi connectivity index (χ3n) is 9.99. The normalized spacial score (nSPS) is 18.5. The van der Waals surface area contributed by atoms with E-state index in [0.29, 0.717) is 29.0 Å². The number of halogens is 1. The number of fused-ring (bicyclic) bond motifs is 1. The highest BCUT2D eigenvalue weighted by Crippen LogP contribution is 2.43. The summed E-state index contributed by atoms with van der Waals surface area (Å²) in [6, 6.07) is 8.81. The molecule has 0 saturated carbocycles. The molecular formula is C36H45BrN11OP. The highest BCUT2D eigenvalue weighted by Gasteiger charge is 2.52. The first-order valence-electron chi connectivity index (χ1n) is 16.9. The summed E-state index contributed by atoms with van der Waals surface area (Å²) >= 11 is 3.65. The number of nitrogens with two attached hydrogens (primary N) is 1. The monoisotopic (exact) mass is 757 g/mol. The summed E-state index contributed by atoms with van der Waals surface area (Å²) in [5.74, 6) is 1.73. The molecule has 1 spiro atoms. The highest BCUT2D eigenvalue weighted by molar-refractivity contribution is 9.10. The number of nitrogens with zero attached hydrogens (tertiary/aromatic N) is 8. The SMILES string of the molecule is CN=CC(=CN)c1cc(Nc2ncc(Br)c(Nc3ccc4nccnc4c3P(C)C)n2)c(OC)cc1N1CCC(N2CC3(CN(C)C3)C2)CC1. The average Bonchev–Trinajstić information content (AvgIpc) is 3.09. The minimum Gasteiger partial charge on any atom is -0.494 e. The standard InChI is InChI=1S/C36H45BrN11OP/c1-39-17-23(16-38)25-14-29(31(49-3)15-30(25)47-12-8-24(9-13-47)48-21-36(22-48)19-46(2)20-36)44-35-42-18-26(37)34(45-35)43-28-7-6-27-32(33(28)50(4)5)41-11-10-40-27/h6-7,10-11,14-18,24H,8-9,12-13,19-22,38H2,1-5H3,(H2,42,43,44,45). The van der Waals surface area contributed by atoms with Gasteiger partial charge in [-0.25, -0.2) is 4.98 Å². The van der Waals surface area contributed by atoms with Crippen LogP contribution >= 0.6 is 23.9 Å². The molecule has 4 aromatic rings. The van der Waals surface area contributed by atoms with Crippen LogP contribution in [0, 0.1) is 5.41 Å². The summed E-state index contributed by atoms with van der Waals surface area (Å²) < 4.78 is 6.70. The van der Waals surface area contributed by atoms with E-state index in [2.05, 4.69) is 93.7 Å². The summed E-state index contributed by atoms with van der Waals surface area (Å²) in [6.45, 7) is 11.3. The van der Waals surface area contributed by atoms with Crippen molar-refractivity contribution in [1.29, 1.82) is 0 Å². The number of nitrogens with one attached hydrogen (secondary N) is 2. The van der Waals surface area contributed by atoms with Gasteiger partial charge in [0.1, 0.15) is 11.6 Å². The first-order valence-corrected chi connectivity index (χ1v) is 20.0. The van der Waals surface area contributed by atoms with Gasteiger partial charge in [0.25, 0.3) is 0 Å². The van der Waals surface area contributed by atoms with Gasteiger partial charge in [-0.15, -0.1) is 0 Å². The van der Waals surface area contributed by atoms with Crippen molar-refractivity contribution in [2.45, 2.75) is 18.9 Å². The predicted octanol–water partition coefficient (Wildman–Crippen LogP) is 5.26. The smallest absolute Gasteiger partial charge is 0.229 e. The van der Waals surface area contributed by atoms with Crippen LogP contribution in [0.3, 0.4) is 0 Å². The molecule has 0 bridgehead atoms. The third kappa shape index (κ3) is 6.76. The Balaban J connectivity index is 1.14. The average molecular weight is 759 g/mol. The van der Waals surface area contributed by atoms with E-state index in [9.17, 15) is 0 Å². The molecule has 262 valence electrons. The molecule has 50 heavy (non-hydrogen) atoms. The molecular weight excluding hydrogens is 713 g/mol. The molecule has 2 aromatic carbocycles. The van der Waals surface area contributed by atoms with E-state index >= 15 is 0 Å². The molecule has 4 N–H and O–H groups in total. The van der Waals surface area contributed by atoms with E-state index in [-0.39, 0.29) is 0 Å². The summed E-state index contributed by atoms with van der Waals surface area (Å²) in [5, 5.41) is 8.09. The van der Waals surface area contributed by atoms with Crippen molar-refractivity contribution >= 4 is 80.8 Å². The molecule has 3 saturated heterocycles. The lowest BCUT2D eigenvalue weighted by molar-refractivity contribution is -0.123. The summed E-state index contributed by atoms with van der Waals surface area (Å²) in [4.78, 5) is 30.5. The van der Waals surface area contributed by atoms with E-state index in [4.69, 9.17) is 15.5 Å². The minimum atomic E-state index is -0.498. The first-order chi connectivity index (χ1) is 24.2. The molecule has 5 heterocycles. The van der Waals surface area contributed by atoms with Gasteiger partial charge in [0.05, 0.1) is 28.3 Å². The predicted molar refractivity (Wildman–Crippen MR) is 211 cm³/mol. The van der Waals surface area contributed by atoms with E-state index in [0.717, 1.165) is 74.9 Å². The van der Waals surface area contributed by atoms with Gasteiger partial charge in [-0.3, -0.25) is 19.9 Å². The molecule has 0 unspecified atom stereocenters. The first kappa shape index (κ1) is 34.5. The molecule has 0 radical (unpaired) electrons. The molecule has 14 heteroatoms. The Kier molecular flexibility index (Phi) is 9.93. The van der Waals surface area contributed by atoms with Crippen molar-refractivity contribution in [3.63, 3.8) is 0 Å². The van der Waals surface area contributed by atoms with Crippen LogP contribution in [0.15, 0.2) is 58.5 Å². The van der Waals surface area contributed by atoms with Crippen molar-refractivity contribution in [2.24, 2.45) is 16.1 Å². The zero-order valence-electron chi connectivity index (χ0n) is 29.3. The van der Waals surface area contributed by atoms with Crippen LogP contribution in [0.2, 0.25) is 0 Å². The van der Waals surface area contributed by atoms with Gasteiger partial charge in [-0.05, 0) is 67.3 Å². The zero-order chi connectivity index (χ0) is 35.0. The fraction of sp³-hybridized carbons (Fsp3) is 0.417. The lowest BCUT2D eigenvalue weighted by Crippen LogP contribution is -2.73. The Labute approximate surface area is 303 Å². The number of likely N-dealkylation sites (tertiary alicyclic amines) is 2. The van der Waals surface area contributed by atoms with Crippen molar-refractivity contribution in [3.8, 4) is 5.75 Å². The second kappa shape index (κ2) is 14.4. The van der Waals surface area contributed by atoms with Crippen LogP contribution in [0.25, 0.3) is 16.6 Å². The molecule has 2 aromatic heterocycles. The van der Waals surface area contributed by atoms with Gasteiger partial charge >= 0.3 is 0 Å². The number of ether oxygens (including phenoxy) is 1. The van der Waals surface area contributed by atoms with Crippen LogP contribution < -0.4 is 31.3 Å². The topological polar surface area (TPSA) is 133 Å². The number of allylic oxidation sites excluding steroid dienone is 1. The van der Waals surface area contributed by atoms with Crippen molar-refractivity contribution in [1.82, 2.24) is 29.7 Å². The van der Waals surface area contributed by atoms with Crippen LogP contribution in [-0.4, -0.2) is 116 Å². The number of methoxy groups -OCH3 is 1. The van der Waals surface area contributed by atoms with Gasteiger partial charge in [0.2, 0.25) is 5.95 Å². The van der Waals surface area contributed by atoms with Gasteiger partial charge in [-0.1, -0.05) is 7.92 Å². The largest absolute Gasteiger partial charge is 0.494 e. The number of aliphatic imine (C=N–C) groups is 1. The number of piperidine rings is 1. The van der Waals surface area contributed by atoms with E-state index in [1.807, 2.05) is 12.1 Å². The van der Waals surface area contributed by atoms with Crippen molar-refractivity contribution in [3.05, 3.63) is 59.1 Å². The third-order valence-corrected chi connectivity index (χ3v) is 11.9. The van der Waals surface area contributed by atoms with Crippen LogP contribution in [-0.2, 0) is 0 Å². The molecule has 3 aliphatic rings. The Morgan fingerprint density at radius 1 is 1.06 bits per heavy atom. The molecule has 12 nitrogen and oxygen atoms in total. The quantitative estimate of drug-likeness (QED) is 0.145. The molecule has 3 fully saturated rings. The minimum absolute atomic E-state index is 0.415. The highest BCUT2D eigenvalue weighted by atomic mass is 79.9. The maximum atomic E-state index is 6.20. The lowest BCUT2D eigenvalue weighted by Gasteiger charge is -2.62. The van der Waals surface area contributed by atoms with Crippen LogP contribution in [0.1, 0.15) is 18.4 Å². The Hall–Kier alpha value is -3.90. The Morgan fingerprint density at radius 2 is 1.82 bits per heavy atom. The number of rotatable bonds is 10. The number of hydrogen-bond donors (Lipinski definition) is 3. The van der Waals surface area contributed by atoms with E-state index in [1.165, 1.54) is 26.2 Å². The molecule has 0 amide bonds. The van der Waals surface area contributed by atoms with Gasteiger partial charge < -0.3 is 30.9 Å². The second-order valence-corrected chi connectivity index (χ2v) is 16.9. The number of aromatic nitrogens is 4. The number of hydrogen-bond acceptors (Lipinski definition) is 12. The summed E-state index contributed by atoms with van der Waals surface area (Å²) in [7, 11) is 5.17. The molecule has 3 aliphatic heterocycles. The Bertz CT molecular complexity index is 1930. The zero-order valence-corrected chi connectivity index (χ0v) is 31.8. The Morgan fingerprint density at radius 3 is 2.50 bits per heavy atom.